The monoisotopic (exact) mass is 165 g/mol. The van der Waals surface area contributed by atoms with Crippen molar-refractivity contribution in [3.63, 3.8) is 0 Å². The lowest BCUT2D eigenvalue weighted by Gasteiger charge is -2.11. The molecule has 0 aliphatic heterocycles. The molecule has 0 radical (unpaired) electrons. The number of carbonyl (C=O) groups is 1. The molecule has 0 aromatic heterocycles. The lowest BCUT2D eigenvalue weighted by molar-refractivity contribution is -0.119. The highest BCUT2D eigenvalue weighted by atomic mass is 16.1. The van der Waals surface area contributed by atoms with Gasteiger partial charge in [-0.15, -0.1) is 0 Å². The van der Waals surface area contributed by atoms with E-state index in [0.717, 1.165) is 5.56 Å². The summed E-state index contributed by atoms with van der Waals surface area (Å²) in [6.07, 6.45) is 0. The van der Waals surface area contributed by atoms with E-state index in [-0.39, 0.29) is 13.4 Å². The number of amides is 1. The smallest absolute Gasteiger partial charge is 0.217 e. The second kappa shape index (κ2) is 3.90. The van der Waals surface area contributed by atoms with E-state index in [0.29, 0.717) is 0 Å². The lowest BCUT2D eigenvalue weighted by atomic mass is 10.1. The number of hydrogen-bond acceptors (Lipinski definition) is 1. The van der Waals surface area contributed by atoms with Gasteiger partial charge in [0, 0.05) is 8.35 Å². The summed E-state index contributed by atoms with van der Waals surface area (Å²) in [5, 5.41) is 2.82. The summed E-state index contributed by atoms with van der Waals surface area (Å²) >= 11 is 0. The second-order valence-electron chi connectivity index (χ2n) is 2.83. The Morgan fingerprint density at radius 1 is 1.42 bits per heavy atom. The zero-order valence-corrected chi connectivity index (χ0v) is 7.37. The maximum Gasteiger partial charge on any atom is 0.217 e. The van der Waals surface area contributed by atoms with Gasteiger partial charge < -0.3 is 5.32 Å². The number of nitrogens with one attached hydrogen (secondary N) is 1. The average Bonchev–Trinajstić information content (AvgIpc) is 2.05. The molecule has 0 heterocycles. The van der Waals surface area contributed by atoms with E-state index < -0.39 is 0 Å². The molecule has 0 saturated heterocycles. The van der Waals surface area contributed by atoms with Crippen LogP contribution in [0, 0.1) is 0 Å². The van der Waals surface area contributed by atoms with E-state index in [4.69, 9.17) is 0 Å². The highest BCUT2D eigenvalue weighted by Crippen LogP contribution is 2.10. The standard InChI is InChI=1S/C10H13NO.H2/c1-8(11-9(2)12)10-6-4-3-5-7-10;/h3-8H,1-2H3,(H,11,12);1H. The minimum Gasteiger partial charge on any atom is -0.350 e. The highest BCUT2D eigenvalue weighted by molar-refractivity contribution is 5.73. The molecule has 2 heteroatoms. The molecule has 1 aromatic rings. The van der Waals surface area contributed by atoms with Crippen LogP contribution in [0.5, 0.6) is 0 Å². The fourth-order valence-electron chi connectivity index (χ4n) is 1.13. The Balaban J connectivity index is 0.00000144. The predicted octanol–water partition coefficient (Wildman–Crippen LogP) is 2.13. The molecule has 0 saturated carbocycles. The van der Waals surface area contributed by atoms with Crippen LogP contribution in [0.4, 0.5) is 0 Å². The first-order chi connectivity index (χ1) is 5.70. The normalized spacial score (nSPS) is 12.2. The summed E-state index contributed by atoms with van der Waals surface area (Å²) in [6.45, 7) is 3.50. The Kier molecular flexibility index (Phi) is 2.86. The summed E-state index contributed by atoms with van der Waals surface area (Å²) in [4.78, 5) is 10.7. The maximum atomic E-state index is 10.7. The van der Waals surface area contributed by atoms with Crippen LogP contribution in [0.2, 0.25) is 0 Å². The summed E-state index contributed by atoms with van der Waals surface area (Å²) in [7, 11) is 0. The number of hydrogen-bond donors (Lipinski definition) is 1. The Morgan fingerprint density at radius 2 is 2.00 bits per heavy atom. The largest absolute Gasteiger partial charge is 0.350 e. The van der Waals surface area contributed by atoms with Gasteiger partial charge in [0.25, 0.3) is 0 Å². The summed E-state index contributed by atoms with van der Waals surface area (Å²) < 4.78 is 0. The Hall–Kier alpha value is -1.31. The molecule has 12 heavy (non-hydrogen) atoms. The van der Waals surface area contributed by atoms with Crippen molar-refractivity contribution in [1.29, 1.82) is 0 Å². The molecule has 0 aliphatic rings. The summed E-state index contributed by atoms with van der Waals surface area (Å²) in [5.74, 6) is 0.00588. The minimum atomic E-state index is 0. The van der Waals surface area contributed by atoms with Crippen molar-refractivity contribution in [3.8, 4) is 0 Å². The Morgan fingerprint density at radius 3 is 2.50 bits per heavy atom. The van der Waals surface area contributed by atoms with Gasteiger partial charge in [0.15, 0.2) is 0 Å². The fourth-order valence-corrected chi connectivity index (χ4v) is 1.13. The van der Waals surface area contributed by atoms with Crippen LogP contribution in [-0.4, -0.2) is 5.91 Å². The lowest BCUT2D eigenvalue weighted by Crippen LogP contribution is -2.23. The fraction of sp³-hybridized carbons (Fsp3) is 0.300. The Labute approximate surface area is 74.1 Å². The molecule has 0 fully saturated rings. The van der Waals surface area contributed by atoms with Gasteiger partial charge in [-0.05, 0) is 12.5 Å². The Bertz CT molecular complexity index is 261. The third kappa shape index (κ3) is 2.38. The number of rotatable bonds is 2. The summed E-state index contributed by atoms with van der Waals surface area (Å²) in [6, 6.07) is 10.00. The quantitative estimate of drug-likeness (QED) is 0.714. The van der Waals surface area contributed by atoms with E-state index in [2.05, 4.69) is 5.32 Å². The molecule has 2 nitrogen and oxygen atoms in total. The number of benzene rings is 1. The van der Waals surface area contributed by atoms with Gasteiger partial charge in [0.2, 0.25) is 5.91 Å². The van der Waals surface area contributed by atoms with Crippen LogP contribution < -0.4 is 5.32 Å². The molecular weight excluding hydrogens is 150 g/mol. The van der Waals surface area contributed by atoms with Crippen LogP contribution >= 0.6 is 0 Å². The molecule has 0 aliphatic carbocycles. The molecule has 1 N–H and O–H groups in total. The molecule has 1 atom stereocenters. The van der Waals surface area contributed by atoms with Gasteiger partial charge in [-0.3, -0.25) is 4.79 Å². The zero-order valence-electron chi connectivity index (χ0n) is 7.37. The first kappa shape index (κ1) is 8.78. The van der Waals surface area contributed by atoms with E-state index in [1.807, 2.05) is 37.3 Å². The maximum absolute atomic E-state index is 10.7. The summed E-state index contributed by atoms with van der Waals surface area (Å²) in [5.41, 5.74) is 1.13. The van der Waals surface area contributed by atoms with Gasteiger partial charge in [-0.25, -0.2) is 0 Å². The van der Waals surface area contributed by atoms with Crippen LogP contribution in [0.3, 0.4) is 0 Å². The molecule has 1 rings (SSSR count). The first-order valence-electron chi connectivity index (χ1n) is 4.02. The van der Waals surface area contributed by atoms with E-state index in [1.165, 1.54) is 6.92 Å². The number of carbonyl (C=O) groups excluding carboxylic acids is 1. The molecule has 66 valence electrons. The molecule has 1 aromatic carbocycles. The van der Waals surface area contributed by atoms with Crippen molar-refractivity contribution in [2.24, 2.45) is 0 Å². The SMILES string of the molecule is CC(=O)NC(C)c1ccccc1.[HH]. The van der Waals surface area contributed by atoms with Gasteiger partial charge in [-0.1, -0.05) is 30.3 Å². The van der Waals surface area contributed by atoms with Crippen molar-refractivity contribution >= 4 is 5.91 Å². The first-order valence-corrected chi connectivity index (χ1v) is 4.02. The molecule has 0 spiro atoms. The van der Waals surface area contributed by atoms with Crippen molar-refractivity contribution < 1.29 is 6.22 Å². The molecule has 1 unspecified atom stereocenters. The topological polar surface area (TPSA) is 29.1 Å². The van der Waals surface area contributed by atoms with Gasteiger partial charge in [0.1, 0.15) is 0 Å². The van der Waals surface area contributed by atoms with Crippen molar-refractivity contribution in [1.82, 2.24) is 5.32 Å². The molecular formula is C10H15NO. The van der Waals surface area contributed by atoms with Crippen molar-refractivity contribution in [2.45, 2.75) is 19.9 Å². The average molecular weight is 165 g/mol. The molecule has 1 amide bonds. The van der Waals surface area contributed by atoms with Gasteiger partial charge >= 0.3 is 0 Å². The van der Waals surface area contributed by atoms with Crippen LogP contribution in [0.1, 0.15) is 26.9 Å². The third-order valence-corrected chi connectivity index (χ3v) is 1.72. The second-order valence-corrected chi connectivity index (χ2v) is 2.83. The zero-order chi connectivity index (χ0) is 8.97. The van der Waals surface area contributed by atoms with Gasteiger partial charge in [0.05, 0.1) is 6.04 Å². The van der Waals surface area contributed by atoms with Crippen molar-refractivity contribution in [3.05, 3.63) is 35.9 Å². The van der Waals surface area contributed by atoms with Crippen molar-refractivity contribution in [2.75, 3.05) is 0 Å². The van der Waals surface area contributed by atoms with Crippen LogP contribution in [0.25, 0.3) is 0 Å². The van der Waals surface area contributed by atoms with E-state index >= 15 is 0 Å². The predicted molar refractivity (Wildman–Crippen MR) is 50.8 cm³/mol. The van der Waals surface area contributed by atoms with E-state index in [9.17, 15) is 4.79 Å². The van der Waals surface area contributed by atoms with Gasteiger partial charge in [-0.2, -0.15) is 0 Å². The van der Waals surface area contributed by atoms with E-state index in [1.54, 1.807) is 0 Å². The third-order valence-electron chi connectivity index (χ3n) is 1.72. The van der Waals surface area contributed by atoms with Crippen LogP contribution in [0.15, 0.2) is 30.3 Å². The highest BCUT2D eigenvalue weighted by Gasteiger charge is 2.03. The van der Waals surface area contributed by atoms with Crippen LogP contribution in [-0.2, 0) is 4.79 Å². The minimum absolute atomic E-state index is 0. The molecule has 0 bridgehead atoms.